The third-order valence-corrected chi connectivity index (χ3v) is 4.40. The molecule has 24 heavy (non-hydrogen) atoms. The molecule has 5 heteroatoms. The van der Waals surface area contributed by atoms with Crippen molar-refractivity contribution in [1.29, 1.82) is 0 Å². The molecule has 0 saturated carbocycles. The predicted octanol–water partition coefficient (Wildman–Crippen LogP) is 2.26. The number of benzene rings is 1. The third kappa shape index (κ3) is 4.61. The molecule has 1 aromatic carbocycles. The number of piperidine rings is 1. The highest BCUT2D eigenvalue weighted by molar-refractivity contribution is 5.94. The van der Waals surface area contributed by atoms with Crippen LogP contribution in [-0.4, -0.2) is 29.0 Å². The summed E-state index contributed by atoms with van der Waals surface area (Å²) in [5, 5.41) is 6.33. The van der Waals surface area contributed by atoms with Crippen LogP contribution in [0.4, 0.5) is 0 Å². The molecular formula is C19H24N4O. The number of aryl methyl sites for hydroxylation is 1. The van der Waals surface area contributed by atoms with Gasteiger partial charge in [0.1, 0.15) is 0 Å². The van der Waals surface area contributed by atoms with Gasteiger partial charge in [-0.3, -0.25) is 14.8 Å². The average Bonchev–Trinajstić information content (AvgIpc) is 2.62. The molecule has 2 heterocycles. The van der Waals surface area contributed by atoms with E-state index in [-0.39, 0.29) is 5.91 Å². The fraction of sp³-hybridized carbons (Fsp3) is 0.421. The molecule has 3 rings (SSSR count). The van der Waals surface area contributed by atoms with Crippen LogP contribution in [0.2, 0.25) is 0 Å². The lowest BCUT2D eigenvalue weighted by Crippen LogP contribution is -2.30. The maximum absolute atomic E-state index is 12.2. The number of nitrogens with zero attached hydrogens (tertiary/aromatic N) is 2. The van der Waals surface area contributed by atoms with Gasteiger partial charge in [-0.15, -0.1) is 0 Å². The Morgan fingerprint density at radius 3 is 2.75 bits per heavy atom. The van der Waals surface area contributed by atoms with Gasteiger partial charge in [0.15, 0.2) is 0 Å². The first kappa shape index (κ1) is 16.6. The van der Waals surface area contributed by atoms with Gasteiger partial charge in [0.2, 0.25) is 0 Å². The minimum absolute atomic E-state index is 0.0803. The molecule has 1 saturated heterocycles. The van der Waals surface area contributed by atoms with Crippen LogP contribution in [0.3, 0.4) is 0 Å². The van der Waals surface area contributed by atoms with Crippen LogP contribution in [0, 0.1) is 12.8 Å². The molecule has 1 atom stereocenters. The smallest absolute Gasteiger partial charge is 0.251 e. The van der Waals surface area contributed by atoms with Crippen LogP contribution in [0.1, 0.15) is 40.2 Å². The quantitative estimate of drug-likeness (QED) is 0.885. The van der Waals surface area contributed by atoms with Crippen LogP contribution >= 0.6 is 0 Å². The van der Waals surface area contributed by atoms with Crippen molar-refractivity contribution in [2.45, 2.75) is 32.7 Å². The van der Waals surface area contributed by atoms with Gasteiger partial charge in [-0.1, -0.05) is 12.1 Å². The molecule has 0 bridgehead atoms. The lowest BCUT2D eigenvalue weighted by molar-refractivity contribution is 0.0950. The Balaban J connectivity index is 1.52. The van der Waals surface area contributed by atoms with E-state index in [0.717, 1.165) is 30.9 Å². The zero-order valence-electron chi connectivity index (χ0n) is 14.1. The van der Waals surface area contributed by atoms with Gasteiger partial charge in [-0.2, -0.15) is 0 Å². The normalized spacial score (nSPS) is 17.5. The van der Waals surface area contributed by atoms with E-state index in [1.807, 2.05) is 19.1 Å². The van der Waals surface area contributed by atoms with E-state index in [4.69, 9.17) is 0 Å². The number of carbonyl (C=O) groups excluding carboxylic acids is 1. The van der Waals surface area contributed by atoms with Crippen LogP contribution < -0.4 is 10.6 Å². The van der Waals surface area contributed by atoms with Crippen molar-refractivity contribution < 1.29 is 4.79 Å². The monoisotopic (exact) mass is 324 g/mol. The number of hydrogen-bond donors (Lipinski definition) is 2. The summed E-state index contributed by atoms with van der Waals surface area (Å²) in [6.45, 7) is 4.52. The van der Waals surface area contributed by atoms with Gasteiger partial charge in [0.05, 0.1) is 24.1 Å². The van der Waals surface area contributed by atoms with E-state index >= 15 is 0 Å². The van der Waals surface area contributed by atoms with Crippen molar-refractivity contribution in [1.82, 2.24) is 20.6 Å². The van der Waals surface area contributed by atoms with E-state index in [0.29, 0.717) is 18.0 Å². The molecule has 1 aliphatic rings. The lowest BCUT2D eigenvalue weighted by atomic mass is 9.92. The Labute approximate surface area is 142 Å². The summed E-state index contributed by atoms with van der Waals surface area (Å²) in [5.41, 5.74) is 3.61. The fourth-order valence-corrected chi connectivity index (χ4v) is 3.01. The molecule has 5 nitrogen and oxygen atoms in total. The maximum Gasteiger partial charge on any atom is 0.251 e. The van der Waals surface area contributed by atoms with Crippen molar-refractivity contribution in [3.8, 4) is 0 Å². The predicted molar refractivity (Wildman–Crippen MR) is 93.7 cm³/mol. The van der Waals surface area contributed by atoms with Gasteiger partial charge in [-0.25, -0.2) is 0 Å². The first-order valence-corrected chi connectivity index (χ1v) is 8.56. The summed E-state index contributed by atoms with van der Waals surface area (Å²) in [7, 11) is 0. The molecule has 1 aromatic heterocycles. The second kappa shape index (κ2) is 8.02. The zero-order chi connectivity index (χ0) is 16.8. The third-order valence-electron chi connectivity index (χ3n) is 4.40. The second-order valence-electron chi connectivity index (χ2n) is 6.45. The van der Waals surface area contributed by atoms with Gasteiger partial charge < -0.3 is 10.6 Å². The van der Waals surface area contributed by atoms with Gasteiger partial charge >= 0.3 is 0 Å². The summed E-state index contributed by atoms with van der Waals surface area (Å²) in [6, 6.07) is 7.94. The highest BCUT2D eigenvalue weighted by Crippen LogP contribution is 2.17. The van der Waals surface area contributed by atoms with Crippen molar-refractivity contribution in [2.75, 3.05) is 13.1 Å². The highest BCUT2D eigenvalue weighted by Gasteiger charge is 2.13. The van der Waals surface area contributed by atoms with Gasteiger partial charge in [-0.05, 0) is 62.9 Å². The molecule has 126 valence electrons. The maximum atomic E-state index is 12.2. The Kier molecular flexibility index (Phi) is 5.54. The second-order valence-corrected chi connectivity index (χ2v) is 6.45. The standard InChI is InChI=1S/C19H24N4O/c1-14-10-22-18(12-21-14)13-23-19(24)17-6-4-15(5-7-17)9-16-3-2-8-20-11-16/h4-7,10,12,16,20H,2-3,8-9,11,13H2,1H3,(H,23,24)/t16-/m0/s1. The van der Waals surface area contributed by atoms with Gasteiger partial charge in [0.25, 0.3) is 5.91 Å². The van der Waals surface area contributed by atoms with E-state index in [1.165, 1.54) is 18.4 Å². The first-order chi connectivity index (χ1) is 11.7. The number of hydrogen-bond acceptors (Lipinski definition) is 4. The van der Waals surface area contributed by atoms with E-state index < -0.39 is 0 Å². The van der Waals surface area contributed by atoms with Crippen LogP contribution in [0.25, 0.3) is 0 Å². The van der Waals surface area contributed by atoms with Crippen LogP contribution in [-0.2, 0) is 13.0 Å². The van der Waals surface area contributed by atoms with E-state index in [2.05, 4.69) is 32.7 Å². The summed E-state index contributed by atoms with van der Waals surface area (Å²) in [4.78, 5) is 20.6. The molecule has 0 radical (unpaired) electrons. The Morgan fingerprint density at radius 2 is 2.08 bits per heavy atom. The van der Waals surface area contributed by atoms with Crippen molar-refractivity contribution in [3.05, 3.63) is 59.2 Å². The number of aromatic nitrogens is 2. The number of carbonyl (C=O) groups is 1. The molecular weight excluding hydrogens is 300 g/mol. The molecule has 0 unspecified atom stereocenters. The topological polar surface area (TPSA) is 66.9 Å². The van der Waals surface area contributed by atoms with Gasteiger partial charge in [0, 0.05) is 11.8 Å². The van der Waals surface area contributed by atoms with Crippen molar-refractivity contribution >= 4 is 5.91 Å². The summed E-state index contributed by atoms with van der Waals surface area (Å²) < 4.78 is 0. The van der Waals surface area contributed by atoms with Crippen molar-refractivity contribution in [3.63, 3.8) is 0 Å². The molecule has 1 amide bonds. The molecule has 1 aliphatic heterocycles. The minimum atomic E-state index is -0.0803. The Bertz CT molecular complexity index is 661. The van der Waals surface area contributed by atoms with E-state index in [1.54, 1.807) is 12.4 Å². The zero-order valence-corrected chi connectivity index (χ0v) is 14.1. The Morgan fingerprint density at radius 1 is 1.25 bits per heavy atom. The van der Waals surface area contributed by atoms with Crippen LogP contribution in [0.15, 0.2) is 36.7 Å². The lowest BCUT2D eigenvalue weighted by Gasteiger charge is -2.22. The summed E-state index contributed by atoms with van der Waals surface area (Å²) in [6.07, 6.45) is 7.01. The largest absolute Gasteiger partial charge is 0.346 e. The minimum Gasteiger partial charge on any atom is -0.346 e. The number of rotatable bonds is 5. The molecule has 1 fully saturated rings. The van der Waals surface area contributed by atoms with Crippen molar-refractivity contribution in [2.24, 2.45) is 5.92 Å². The summed E-state index contributed by atoms with van der Waals surface area (Å²) in [5.74, 6) is 0.627. The van der Waals surface area contributed by atoms with E-state index in [9.17, 15) is 4.79 Å². The molecule has 0 spiro atoms. The number of amides is 1. The first-order valence-electron chi connectivity index (χ1n) is 8.56. The molecule has 2 aromatic rings. The molecule has 2 N–H and O–H groups in total. The molecule has 0 aliphatic carbocycles. The number of nitrogens with one attached hydrogen (secondary N) is 2. The Hall–Kier alpha value is -2.27. The highest BCUT2D eigenvalue weighted by atomic mass is 16.1. The fourth-order valence-electron chi connectivity index (χ4n) is 3.01. The average molecular weight is 324 g/mol. The summed E-state index contributed by atoms with van der Waals surface area (Å²) >= 11 is 0. The van der Waals surface area contributed by atoms with Crippen LogP contribution in [0.5, 0.6) is 0 Å². The SMILES string of the molecule is Cc1cnc(CNC(=O)c2ccc(C[C@@H]3CCCNC3)cc2)cn1.